The second kappa shape index (κ2) is 12.7. The van der Waals surface area contributed by atoms with Crippen molar-refractivity contribution in [2.24, 2.45) is 0 Å². The molecule has 0 saturated carbocycles. The van der Waals surface area contributed by atoms with Crippen molar-refractivity contribution in [1.29, 1.82) is 0 Å². The predicted molar refractivity (Wildman–Crippen MR) is 205 cm³/mol. The van der Waals surface area contributed by atoms with Crippen molar-refractivity contribution in [2.75, 3.05) is 0 Å². The van der Waals surface area contributed by atoms with Gasteiger partial charge in [0.05, 0.1) is 11.2 Å². The Bertz CT molecular complexity index is 2620. The first-order chi connectivity index (χ1) is 24.8. The highest BCUT2D eigenvalue weighted by Crippen LogP contribution is 2.39. The van der Waals surface area contributed by atoms with Gasteiger partial charge >= 0.3 is 0 Å². The molecular formula is C46H30N4. The summed E-state index contributed by atoms with van der Waals surface area (Å²) in [5.74, 6) is 1.84. The molecule has 7 aromatic carbocycles. The van der Waals surface area contributed by atoms with Crippen LogP contribution < -0.4 is 0 Å². The van der Waals surface area contributed by atoms with Crippen LogP contribution in [0.3, 0.4) is 0 Å². The van der Waals surface area contributed by atoms with Crippen LogP contribution in [0.2, 0.25) is 0 Å². The minimum atomic E-state index is 0.598. The van der Waals surface area contributed by atoms with Gasteiger partial charge in [-0.15, -0.1) is 0 Å². The zero-order valence-corrected chi connectivity index (χ0v) is 27.1. The van der Waals surface area contributed by atoms with Crippen LogP contribution in [0, 0.1) is 0 Å². The lowest BCUT2D eigenvalue weighted by molar-refractivity contribution is 1.07. The third-order valence-electron chi connectivity index (χ3n) is 9.10. The third kappa shape index (κ3) is 5.49. The van der Waals surface area contributed by atoms with Gasteiger partial charge in [-0.05, 0) is 34.4 Å². The van der Waals surface area contributed by atoms with Crippen LogP contribution in [0.5, 0.6) is 0 Å². The van der Waals surface area contributed by atoms with Gasteiger partial charge in [-0.2, -0.15) is 0 Å². The van der Waals surface area contributed by atoms with E-state index in [4.69, 9.17) is 19.9 Å². The Labute approximate surface area is 290 Å². The first-order valence-corrected chi connectivity index (χ1v) is 16.7. The number of pyridine rings is 1. The lowest BCUT2D eigenvalue weighted by Gasteiger charge is -2.15. The summed E-state index contributed by atoms with van der Waals surface area (Å²) in [5, 5.41) is 3.37. The van der Waals surface area contributed by atoms with E-state index in [0.29, 0.717) is 17.5 Å². The van der Waals surface area contributed by atoms with Crippen LogP contribution in [0.4, 0.5) is 0 Å². The molecule has 0 saturated heterocycles. The molecule has 2 heterocycles. The number of benzene rings is 7. The summed E-state index contributed by atoms with van der Waals surface area (Å²) in [4.78, 5) is 20.5. The standard InChI is InChI=1S/C46H30N4/c1-5-15-31(16-6-1)35-23-13-24-36(29-35)45-48-44(34-21-11-4-12-22-34)49-46(50-45)37-27-28-39-41(30-37)47-43(33-19-9-3-10-20-33)40-26-14-25-38(42(39)40)32-17-7-2-8-18-32/h1-30H. The highest BCUT2D eigenvalue weighted by atomic mass is 15.0. The zero-order valence-electron chi connectivity index (χ0n) is 27.1. The van der Waals surface area contributed by atoms with Crippen LogP contribution in [0.1, 0.15) is 0 Å². The molecule has 4 nitrogen and oxygen atoms in total. The average molecular weight is 639 g/mol. The minimum Gasteiger partial charge on any atom is -0.247 e. The fraction of sp³-hybridized carbons (Fsp3) is 0. The van der Waals surface area contributed by atoms with E-state index in [2.05, 4.69) is 140 Å². The van der Waals surface area contributed by atoms with Crippen molar-refractivity contribution in [3.05, 3.63) is 182 Å². The van der Waals surface area contributed by atoms with Crippen LogP contribution in [-0.2, 0) is 0 Å². The Morgan fingerprint density at radius 1 is 0.280 bits per heavy atom. The van der Waals surface area contributed by atoms with Gasteiger partial charge in [-0.25, -0.2) is 19.9 Å². The SMILES string of the molecule is c1ccc(-c2cccc(-c3nc(-c4ccccc4)nc(-c4ccc5c(c4)nc(-c4ccccc4)c4cccc(-c6ccccc6)c45)n3)c2)cc1. The van der Waals surface area contributed by atoms with Crippen LogP contribution >= 0.6 is 0 Å². The van der Waals surface area contributed by atoms with Crippen molar-refractivity contribution >= 4 is 21.7 Å². The molecule has 2 aromatic heterocycles. The van der Waals surface area contributed by atoms with Gasteiger partial charge in [0.1, 0.15) is 0 Å². The maximum atomic E-state index is 5.33. The van der Waals surface area contributed by atoms with E-state index < -0.39 is 0 Å². The first-order valence-electron chi connectivity index (χ1n) is 16.7. The maximum absolute atomic E-state index is 5.33. The molecule has 9 aromatic rings. The normalized spacial score (nSPS) is 11.2. The van der Waals surface area contributed by atoms with Gasteiger partial charge in [0, 0.05) is 38.4 Å². The number of rotatable bonds is 6. The second-order valence-corrected chi connectivity index (χ2v) is 12.3. The molecular weight excluding hydrogens is 609 g/mol. The molecule has 4 heteroatoms. The first kappa shape index (κ1) is 29.4. The van der Waals surface area contributed by atoms with E-state index in [1.54, 1.807) is 0 Å². The van der Waals surface area contributed by atoms with Crippen molar-refractivity contribution in [1.82, 2.24) is 19.9 Å². The van der Waals surface area contributed by atoms with E-state index in [1.165, 1.54) is 16.5 Å². The third-order valence-corrected chi connectivity index (χ3v) is 9.10. The highest BCUT2D eigenvalue weighted by Gasteiger charge is 2.17. The fourth-order valence-electron chi connectivity index (χ4n) is 6.69. The molecule has 0 aliphatic rings. The summed E-state index contributed by atoms with van der Waals surface area (Å²) < 4.78 is 0. The minimum absolute atomic E-state index is 0.598. The topological polar surface area (TPSA) is 51.6 Å². The lowest BCUT2D eigenvalue weighted by Crippen LogP contribution is -2.00. The molecule has 0 radical (unpaired) electrons. The summed E-state index contributed by atoms with van der Waals surface area (Å²) in [6, 6.07) is 62.8. The van der Waals surface area contributed by atoms with Crippen molar-refractivity contribution in [3.63, 3.8) is 0 Å². The molecule has 0 bridgehead atoms. The van der Waals surface area contributed by atoms with Gasteiger partial charge in [-0.1, -0.05) is 170 Å². The van der Waals surface area contributed by atoms with Crippen molar-refractivity contribution < 1.29 is 0 Å². The smallest absolute Gasteiger partial charge is 0.164 e. The Morgan fingerprint density at radius 3 is 1.44 bits per heavy atom. The Hall–Kier alpha value is -6.78. The number of aromatic nitrogens is 4. The van der Waals surface area contributed by atoms with E-state index in [-0.39, 0.29) is 0 Å². The molecule has 0 N–H and O–H groups in total. The van der Waals surface area contributed by atoms with E-state index in [1.807, 2.05) is 42.5 Å². The average Bonchev–Trinajstić information content (AvgIpc) is 3.21. The van der Waals surface area contributed by atoms with Crippen LogP contribution in [-0.4, -0.2) is 19.9 Å². The lowest BCUT2D eigenvalue weighted by atomic mass is 9.92. The Kier molecular flexibility index (Phi) is 7.45. The molecule has 0 spiro atoms. The molecule has 0 unspecified atom stereocenters. The van der Waals surface area contributed by atoms with Gasteiger partial charge < -0.3 is 0 Å². The quantitative estimate of drug-likeness (QED) is 0.170. The number of hydrogen-bond acceptors (Lipinski definition) is 4. The number of hydrogen-bond donors (Lipinski definition) is 0. The summed E-state index contributed by atoms with van der Waals surface area (Å²) in [5.41, 5.74) is 10.2. The Morgan fingerprint density at radius 2 is 0.780 bits per heavy atom. The summed E-state index contributed by atoms with van der Waals surface area (Å²) in [6.45, 7) is 0. The highest BCUT2D eigenvalue weighted by molar-refractivity contribution is 6.17. The van der Waals surface area contributed by atoms with Crippen molar-refractivity contribution in [3.8, 4) is 67.7 Å². The largest absolute Gasteiger partial charge is 0.247 e. The van der Waals surface area contributed by atoms with E-state index in [9.17, 15) is 0 Å². The fourth-order valence-corrected chi connectivity index (χ4v) is 6.69. The van der Waals surface area contributed by atoms with Gasteiger partial charge in [0.25, 0.3) is 0 Å². The van der Waals surface area contributed by atoms with Gasteiger partial charge in [0.2, 0.25) is 0 Å². The molecule has 234 valence electrons. The van der Waals surface area contributed by atoms with E-state index in [0.717, 1.165) is 55.4 Å². The summed E-state index contributed by atoms with van der Waals surface area (Å²) in [6.07, 6.45) is 0. The molecule has 50 heavy (non-hydrogen) atoms. The number of nitrogens with zero attached hydrogens (tertiary/aromatic N) is 4. The molecule has 9 rings (SSSR count). The Balaban J connectivity index is 1.27. The van der Waals surface area contributed by atoms with Crippen LogP contribution in [0.15, 0.2) is 182 Å². The predicted octanol–water partition coefficient (Wildman–Crippen LogP) is 11.6. The molecule has 0 amide bonds. The summed E-state index contributed by atoms with van der Waals surface area (Å²) >= 11 is 0. The molecule has 0 aliphatic carbocycles. The molecule has 0 fully saturated rings. The van der Waals surface area contributed by atoms with E-state index >= 15 is 0 Å². The van der Waals surface area contributed by atoms with Gasteiger partial charge in [0.15, 0.2) is 17.5 Å². The summed E-state index contributed by atoms with van der Waals surface area (Å²) in [7, 11) is 0. The maximum Gasteiger partial charge on any atom is 0.164 e. The number of fused-ring (bicyclic) bond motifs is 3. The van der Waals surface area contributed by atoms with Gasteiger partial charge in [-0.3, -0.25) is 0 Å². The monoisotopic (exact) mass is 638 g/mol. The molecule has 0 atom stereocenters. The zero-order chi connectivity index (χ0) is 33.3. The van der Waals surface area contributed by atoms with Crippen molar-refractivity contribution in [2.45, 2.75) is 0 Å². The van der Waals surface area contributed by atoms with Crippen LogP contribution in [0.25, 0.3) is 89.4 Å². The molecule has 0 aliphatic heterocycles. The second-order valence-electron chi connectivity index (χ2n) is 12.3.